The number of hydrogen-bond acceptors (Lipinski definition) is 1. The van der Waals surface area contributed by atoms with Gasteiger partial charge in [0.05, 0.1) is 5.76 Å². The van der Waals surface area contributed by atoms with Crippen LogP contribution in [0.3, 0.4) is 0 Å². The van der Waals surface area contributed by atoms with Crippen LogP contribution in [0.25, 0.3) is 0 Å². The molecule has 1 nitrogen and oxygen atoms in total. The maximum atomic E-state index is 5.98. The van der Waals surface area contributed by atoms with Crippen LogP contribution in [-0.2, 0) is 0 Å². The lowest BCUT2D eigenvalue weighted by Gasteiger charge is -2.09. The molecule has 0 bridgehead atoms. The fraction of sp³-hybridized carbons (Fsp3) is 0.167. The van der Waals surface area contributed by atoms with Crippen LogP contribution in [0.5, 0.6) is 5.75 Å². The molecule has 0 spiro atoms. The molecule has 14 heavy (non-hydrogen) atoms. The van der Waals surface area contributed by atoms with Gasteiger partial charge in [-0.1, -0.05) is 24.1 Å². The molecule has 0 aliphatic heterocycles. The molecule has 0 radical (unpaired) electrons. The zero-order valence-corrected chi connectivity index (χ0v) is 8.98. The second kappa shape index (κ2) is 4.21. The Bertz CT molecular complexity index is 413. The Balaban J connectivity index is 3.21. The van der Waals surface area contributed by atoms with Gasteiger partial charge in [0.1, 0.15) is 5.75 Å². The predicted molar refractivity (Wildman–Crippen MR) is 59.6 cm³/mol. The number of hydrogen-bond donors (Lipinski definition) is 0. The minimum atomic E-state index is 0.608. The van der Waals surface area contributed by atoms with E-state index in [4.69, 9.17) is 22.8 Å². The van der Waals surface area contributed by atoms with Gasteiger partial charge in [-0.2, -0.15) is 0 Å². The number of benzene rings is 1. The summed E-state index contributed by atoms with van der Waals surface area (Å²) in [5, 5.41) is 0.608. The van der Waals surface area contributed by atoms with Crippen LogP contribution < -0.4 is 4.74 Å². The monoisotopic (exact) mass is 206 g/mol. The number of ether oxygens (including phenoxy) is 1. The summed E-state index contributed by atoms with van der Waals surface area (Å²) in [5.41, 5.74) is 1.57. The smallest absolute Gasteiger partial charge is 0.132 e. The zero-order valence-electron chi connectivity index (χ0n) is 8.23. The fourth-order valence-corrected chi connectivity index (χ4v) is 1.24. The topological polar surface area (TPSA) is 9.23 Å². The standard InChI is InChI=1S/C12H11ClO/c1-5-10-6-11(13)9(4)12(7-10)14-8(2)3/h1,6-7H,2H2,3-4H3. The molecule has 2 heteroatoms. The van der Waals surface area contributed by atoms with Gasteiger partial charge in [0.15, 0.2) is 0 Å². The molecule has 0 unspecified atom stereocenters. The third-order valence-electron chi connectivity index (χ3n) is 1.75. The van der Waals surface area contributed by atoms with Gasteiger partial charge in [-0.05, 0) is 26.0 Å². The minimum absolute atomic E-state index is 0.608. The van der Waals surface area contributed by atoms with E-state index in [9.17, 15) is 0 Å². The normalized spacial score (nSPS) is 9.29. The summed E-state index contributed by atoms with van der Waals surface area (Å²) in [4.78, 5) is 0. The van der Waals surface area contributed by atoms with Crippen LogP contribution in [-0.4, -0.2) is 0 Å². The summed E-state index contributed by atoms with van der Waals surface area (Å²) < 4.78 is 5.39. The van der Waals surface area contributed by atoms with E-state index >= 15 is 0 Å². The van der Waals surface area contributed by atoms with E-state index in [1.807, 2.05) is 6.92 Å². The molecule has 0 amide bonds. The summed E-state index contributed by atoms with van der Waals surface area (Å²) in [6.45, 7) is 7.31. The second-order valence-electron chi connectivity index (χ2n) is 3.03. The molecule has 1 rings (SSSR count). The number of allylic oxidation sites excluding steroid dienone is 1. The second-order valence-corrected chi connectivity index (χ2v) is 3.44. The Morgan fingerprint density at radius 2 is 2.21 bits per heavy atom. The summed E-state index contributed by atoms with van der Waals surface area (Å²) in [7, 11) is 0. The van der Waals surface area contributed by atoms with E-state index in [1.165, 1.54) is 0 Å². The van der Waals surface area contributed by atoms with E-state index in [2.05, 4.69) is 12.5 Å². The first-order valence-corrected chi connectivity index (χ1v) is 4.52. The first kappa shape index (κ1) is 10.7. The molecule has 1 aromatic rings. The Labute approximate surface area is 89.3 Å². The van der Waals surface area contributed by atoms with Crippen molar-refractivity contribution >= 4 is 11.6 Å². The zero-order chi connectivity index (χ0) is 10.7. The van der Waals surface area contributed by atoms with E-state index in [0.717, 1.165) is 5.56 Å². The van der Waals surface area contributed by atoms with Gasteiger partial charge in [0, 0.05) is 16.1 Å². The van der Waals surface area contributed by atoms with Crippen molar-refractivity contribution in [2.75, 3.05) is 0 Å². The SMILES string of the molecule is C#Cc1cc(Cl)c(C)c(OC(=C)C)c1. The highest BCUT2D eigenvalue weighted by molar-refractivity contribution is 6.31. The Kier molecular flexibility index (Phi) is 3.22. The number of terminal acetylenes is 1. The van der Waals surface area contributed by atoms with Gasteiger partial charge >= 0.3 is 0 Å². The predicted octanol–water partition coefficient (Wildman–Crippen LogP) is 3.54. The Morgan fingerprint density at radius 1 is 1.57 bits per heavy atom. The van der Waals surface area contributed by atoms with Crippen molar-refractivity contribution in [3.05, 3.63) is 40.6 Å². The first-order valence-electron chi connectivity index (χ1n) is 4.14. The van der Waals surface area contributed by atoms with E-state index in [0.29, 0.717) is 22.1 Å². The molecule has 0 atom stereocenters. The van der Waals surface area contributed by atoms with Crippen LogP contribution in [0, 0.1) is 19.3 Å². The summed E-state index contributed by atoms with van der Waals surface area (Å²) in [5.74, 6) is 3.79. The van der Waals surface area contributed by atoms with Crippen LogP contribution >= 0.6 is 11.6 Å². The maximum Gasteiger partial charge on any atom is 0.132 e. The highest BCUT2D eigenvalue weighted by atomic mass is 35.5. The molecule has 0 saturated carbocycles. The van der Waals surface area contributed by atoms with Crippen molar-refractivity contribution in [1.82, 2.24) is 0 Å². The fourth-order valence-electron chi connectivity index (χ4n) is 1.03. The molecule has 0 aliphatic rings. The largest absolute Gasteiger partial charge is 0.462 e. The van der Waals surface area contributed by atoms with Gasteiger partial charge in [-0.15, -0.1) is 6.42 Å². The summed E-state index contributed by atoms with van der Waals surface area (Å²) >= 11 is 5.98. The molecule has 1 aromatic carbocycles. The minimum Gasteiger partial charge on any atom is -0.462 e. The molecule has 0 aliphatic carbocycles. The Hall–Kier alpha value is -1.39. The molecule has 0 fully saturated rings. The third-order valence-corrected chi connectivity index (χ3v) is 2.14. The maximum absolute atomic E-state index is 5.98. The van der Waals surface area contributed by atoms with Crippen LogP contribution in [0.15, 0.2) is 24.5 Å². The van der Waals surface area contributed by atoms with Gasteiger partial charge in [0.25, 0.3) is 0 Å². The van der Waals surface area contributed by atoms with Gasteiger partial charge in [-0.25, -0.2) is 0 Å². The van der Waals surface area contributed by atoms with Gasteiger partial charge in [0.2, 0.25) is 0 Å². The third kappa shape index (κ3) is 2.31. The molecule has 72 valence electrons. The summed E-state index contributed by atoms with van der Waals surface area (Å²) in [6.07, 6.45) is 5.28. The highest BCUT2D eigenvalue weighted by Crippen LogP contribution is 2.28. The quantitative estimate of drug-likeness (QED) is 0.531. The lowest BCUT2D eigenvalue weighted by Crippen LogP contribution is -1.93. The number of rotatable bonds is 2. The van der Waals surface area contributed by atoms with Crippen molar-refractivity contribution in [1.29, 1.82) is 0 Å². The van der Waals surface area contributed by atoms with Crippen molar-refractivity contribution < 1.29 is 4.74 Å². The van der Waals surface area contributed by atoms with E-state index in [-0.39, 0.29) is 0 Å². The van der Waals surface area contributed by atoms with Crippen LogP contribution in [0.1, 0.15) is 18.1 Å². The molecule has 0 aromatic heterocycles. The van der Waals surface area contributed by atoms with Crippen molar-refractivity contribution in [2.45, 2.75) is 13.8 Å². The average molecular weight is 207 g/mol. The Morgan fingerprint density at radius 3 is 2.71 bits per heavy atom. The first-order chi connectivity index (χ1) is 6.54. The highest BCUT2D eigenvalue weighted by Gasteiger charge is 2.06. The number of halogens is 1. The van der Waals surface area contributed by atoms with E-state index in [1.54, 1.807) is 19.1 Å². The van der Waals surface area contributed by atoms with E-state index < -0.39 is 0 Å². The molecular weight excluding hydrogens is 196 g/mol. The molecular formula is C12H11ClO. The molecule has 0 heterocycles. The molecule has 0 saturated heterocycles. The lowest BCUT2D eigenvalue weighted by molar-refractivity contribution is 0.427. The van der Waals surface area contributed by atoms with Crippen molar-refractivity contribution in [2.24, 2.45) is 0 Å². The van der Waals surface area contributed by atoms with Crippen molar-refractivity contribution in [3.8, 4) is 18.1 Å². The van der Waals surface area contributed by atoms with Gasteiger partial charge < -0.3 is 4.74 Å². The lowest BCUT2D eigenvalue weighted by atomic mass is 10.1. The summed E-state index contributed by atoms with van der Waals surface area (Å²) in [6, 6.07) is 3.51. The molecule has 0 N–H and O–H groups in total. The average Bonchev–Trinajstić information content (AvgIpc) is 2.11. The van der Waals surface area contributed by atoms with Crippen LogP contribution in [0.2, 0.25) is 5.02 Å². The van der Waals surface area contributed by atoms with Crippen molar-refractivity contribution in [3.63, 3.8) is 0 Å². The van der Waals surface area contributed by atoms with Gasteiger partial charge in [-0.3, -0.25) is 0 Å². The van der Waals surface area contributed by atoms with Crippen LogP contribution in [0.4, 0.5) is 0 Å².